The number of hydrogen-bond donors (Lipinski definition) is 1. The molecule has 1 aliphatic heterocycles. The third-order valence-electron chi connectivity index (χ3n) is 2.89. The van der Waals surface area contributed by atoms with Gasteiger partial charge in [0.1, 0.15) is 18.4 Å². The van der Waals surface area contributed by atoms with Crippen LogP contribution >= 0.6 is 0 Å². The van der Waals surface area contributed by atoms with Crippen LogP contribution < -0.4 is 10.1 Å². The quantitative estimate of drug-likeness (QED) is 0.835. The summed E-state index contributed by atoms with van der Waals surface area (Å²) in [5.74, 6) is 0.885. The fraction of sp³-hybridized carbons (Fsp3) is 0.462. The fourth-order valence-corrected chi connectivity index (χ4v) is 1.94. The fourth-order valence-electron chi connectivity index (χ4n) is 1.94. The summed E-state index contributed by atoms with van der Waals surface area (Å²) in [6.45, 7) is 4.04. The van der Waals surface area contributed by atoms with Crippen molar-refractivity contribution < 1.29 is 4.74 Å². The van der Waals surface area contributed by atoms with Crippen molar-refractivity contribution in [3.8, 4) is 11.8 Å². The summed E-state index contributed by atoms with van der Waals surface area (Å²) in [4.78, 5) is 2.17. The molecule has 1 atom stereocenters. The van der Waals surface area contributed by atoms with Gasteiger partial charge in [-0.3, -0.25) is 4.90 Å². The van der Waals surface area contributed by atoms with Gasteiger partial charge in [0.05, 0.1) is 6.07 Å². The van der Waals surface area contributed by atoms with Gasteiger partial charge >= 0.3 is 0 Å². The lowest BCUT2D eigenvalue weighted by atomic mass is 10.2. The van der Waals surface area contributed by atoms with E-state index in [1.807, 2.05) is 30.3 Å². The van der Waals surface area contributed by atoms with E-state index < -0.39 is 0 Å². The Kier molecular flexibility index (Phi) is 4.37. The smallest absolute Gasteiger partial charge is 0.119 e. The molecule has 1 aromatic rings. The number of nitriles is 1. The highest BCUT2D eigenvalue weighted by Crippen LogP contribution is 2.08. The topological polar surface area (TPSA) is 48.3 Å². The van der Waals surface area contributed by atoms with E-state index in [0.29, 0.717) is 6.61 Å². The third kappa shape index (κ3) is 3.45. The van der Waals surface area contributed by atoms with Gasteiger partial charge in [-0.2, -0.15) is 5.26 Å². The Morgan fingerprint density at radius 3 is 3.00 bits per heavy atom. The number of piperazine rings is 1. The van der Waals surface area contributed by atoms with Crippen LogP contribution in [0.1, 0.15) is 0 Å². The molecular weight excluding hydrogens is 214 g/mol. The van der Waals surface area contributed by atoms with Gasteiger partial charge in [0.15, 0.2) is 0 Å². The van der Waals surface area contributed by atoms with Crippen LogP contribution in [0, 0.1) is 11.3 Å². The van der Waals surface area contributed by atoms with Crippen LogP contribution in [0.3, 0.4) is 0 Å². The van der Waals surface area contributed by atoms with Crippen molar-refractivity contribution in [3.63, 3.8) is 0 Å². The van der Waals surface area contributed by atoms with Gasteiger partial charge in [-0.1, -0.05) is 18.2 Å². The van der Waals surface area contributed by atoms with Gasteiger partial charge < -0.3 is 10.1 Å². The number of benzene rings is 1. The molecule has 1 heterocycles. The molecule has 4 nitrogen and oxygen atoms in total. The molecule has 0 aromatic heterocycles. The van der Waals surface area contributed by atoms with Crippen molar-refractivity contribution in [2.75, 3.05) is 32.8 Å². The second-order valence-corrected chi connectivity index (χ2v) is 4.05. The van der Waals surface area contributed by atoms with Crippen molar-refractivity contribution >= 4 is 0 Å². The molecular formula is C13H17N3O. The lowest BCUT2D eigenvalue weighted by Gasteiger charge is -2.31. The van der Waals surface area contributed by atoms with Crippen LogP contribution in [0.2, 0.25) is 0 Å². The maximum Gasteiger partial charge on any atom is 0.119 e. The Labute approximate surface area is 102 Å². The first-order chi connectivity index (χ1) is 8.40. The van der Waals surface area contributed by atoms with Crippen LogP contribution in [-0.4, -0.2) is 43.7 Å². The minimum atomic E-state index is -0.0249. The summed E-state index contributed by atoms with van der Waals surface area (Å²) in [7, 11) is 0. The standard InChI is InChI=1S/C13H17N3O/c14-10-12-11-15-6-7-16(12)8-9-17-13-4-2-1-3-5-13/h1-5,12,15H,6-9,11H2. The molecule has 2 rings (SSSR count). The predicted octanol–water partition coefficient (Wildman–Crippen LogP) is 0.863. The van der Waals surface area contributed by atoms with Crippen molar-refractivity contribution in [1.82, 2.24) is 10.2 Å². The first kappa shape index (κ1) is 11.9. The van der Waals surface area contributed by atoms with Gasteiger partial charge in [0.25, 0.3) is 0 Å². The molecule has 0 amide bonds. The molecule has 1 unspecified atom stereocenters. The van der Waals surface area contributed by atoms with Gasteiger partial charge in [-0.15, -0.1) is 0 Å². The molecule has 0 aliphatic carbocycles. The minimum Gasteiger partial charge on any atom is -0.492 e. The zero-order valence-electron chi connectivity index (χ0n) is 9.80. The molecule has 0 saturated carbocycles. The Bertz CT molecular complexity index is 374. The monoisotopic (exact) mass is 231 g/mol. The normalized spacial score (nSPS) is 20.8. The van der Waals surface area contributed by atoms with E-state index in [4.69, 9.17) is 10.00 Å². The number of rotatable bonds is 4. The summed E-state index contributed by atoms with van der Waals surface area (Å²) < 4.78 is 5.63. The van der Waals surface area contributed by atoms with Crippen molar-refractivity contribution in [2.45, 2.75) is 6.04 Å². The highest BCUT2D eigenvalue weighted by atomic mass is 16.5. The van der Waals surface area contributed by atoms with Gasteiger partial charge in [-0.05, 0) is 12.1 Å². The maximum atomic E-state index is 9.01. The number of nitrogens with one attached hydrogen (secondary N) is 1. The second kappa shape index (κ2) is 6.24. The highest BCUT2D eigenvalue weighted by molar-refractivity contribution is 5.20. The third-order valence-corrected chi connectivity index (χ3v) is 2.89. The number of hydrogen-bond acceptors (Lipinski definition) is 4. The van der Waals surface area contributed by atoms with E-state index in [1.165, 1.54) is 0 Å². The SMILES string of the molecule is N#CC1CNCCN1CCOc1ccccc1. The Morgan fingerprint density at radius 1 is 1.41 bits per heavy atom. The van der Waals surface area contributed by atoms with Crippen LogP contribution in [-0.2, 0) is 0 Å². The Hall–Kier alpha value is -1.57. The molecule has 1 aromatic carbocycles. The average molecular weight is 231 g/mol. The van der Waals surface area contributed by atoms with Crippen molar-refractivity contribution in [3.05, 3.63) is 30.3 Å². The molecule has 1 aliphatic rings. The molecule has 1 N–H and O–H groups in total. The lowest BCUT2D eigenvalue weighted by Crippen LogP contribution is -2.51. The molecule has 1 fully saturated rings. The van der Waals surface area contributed by atoms with Gasteiger partial charge in [-0.25, -0.2) is 0 Å². The molecule has 1 saturated heterocycles. The first-order valence-corrected chi connectivity index (χ1v) is 5.92. The molecule has 4 heteroatoms. The summed E-state index contributed by atoms with van der Waals surface area (Å²) in [5, 5.41) is 12.2. The summed E-state index contributed by atoms with van der Waals surface area (Å²) in [6.07, 6.45) is 0. The zero-order chi connectivity index (χ0) is 11.9. The van der Waals surface area contributed by atoms with Crippen molar-refractivity contribution in [2.24, 2.45) is 0 Å². The number of nitrogens with zero attached hydrogens (tertiary/aromatic N) is 2. The zero-order valence-corrected chi connectivity index (χ0v) is 9.80. The summed E-state index contributed by atoms with van der Waals surface area (Å²) in [6, 6.07) is 12.1. The maximum absolute atomic E-state index is 9.01. The van der Waals surface area contributed by atoms with E-state index in [0.717, 1.165) is 31.9 Å². The van der Waals surface area contributed by atoms with Crippen molar-refractivity contribution in [1.29, 1.82) is 5.26 Å². The molecule has 0 spiro atoms. The number of para-hydroxylation sites is 1. The van der Waals surface area contributed by atoms with Crippen LogP contribution in [0.4, 0.5) is 0 Å². The van der Waals surface area contributed by atoms with E-state index in [-0.39, 0.29) is 6.04 Å². The molecule has 0 radical (unpaired) electrons. The first-order valence-electron chi connectivity index (χ1n) is 5.92. The largest absolute Gasteiger partial charge is 0.492 e. The summed E-state index contributed by atoms with van der Waals surface area (Å²) >= 11 is 0. The van der Waals surface area contributed by atoms with Crippen LogP contribution in [0.25, 0.3) is 0 Å². The minimum absolute atomic E-state index is 0.0249. The molecule has 90 valence electrons. The number of ether oxygens (including phenoxy) is 1. The van der Waals surface area contributed by atoms with Crippen LogP contribution in [0.5, 0.6) is 5.75 Å². The van der Waals surface area contributed by atoms with Gasteiger partial charge in [0, 0.05) is 26.2 Å². The molecule has 17 heavy (non-hydrogen) atoms. The van der Waals surface area contributed by atoms with Crippen LogP contribution in [0.15, 0.2) is 30.3 Å². The molecule has 0 bridgehead atoms. The second-order valence-electron chi connectivity index (χ2n) is 4.05. The summed E-state index contributed by atoms with van der Waals surface area (Å²) in [5.41, 5.74) is 0. The lowest BCUT2D eigenvalue weighted by molar-refractivity contribution is 0.161. The van der Waals surface area contributed by atoms with E-state index in [9.17, 15) is 0 Å². The van der Waals surface area contributed by atoms with Gasteiger partial charge in [0.2, 0.25) is 0 Å². The van der Waals surface area contributed by atoms with E-state index >= 15 is 0 Å². The Balaban J connectivity index is 1.76. The predicted molar refractivity (Wildman–Crippen MR) is 65.8 cm³/mol. The van der Waals surface area contributed by atoms with E-state index in [2.05, 4.69) is 16.3 Å². The highest BCUT2D eigenvalue weighted by Gasteiger charge is 2.20. The Morgan fingerprint density at radius 2 is 2.24 bits per heavy atom. The average Bonchev–Trinajstić information content (AvgIpc) is 2.40. The van der Waals surface area contributed by atoms with E-state index in [1.54, 1.807) is 0 Å².